The first-order chi connectivity index (χ1) is 13.1. The van der Waals surface area contributed by atoms with Crippen LogP contribution in [0.4, 0.5) is 0 Å². The molecule has 0 radical (unpaired) electrons. The van der Waals surface area contributed by atoms with Crippen molar-refractivity contribution in [3.63, 3.8) is 0 Å². The fourth-order valence-corrected chi connectivity index (χ4v) is 3.58. The number of aromatic amines is 1. The highest BCUT2D eigenvalue weighted by Crippen LogP contribution is 2.31. The zero-order valence-electron chi connectivity index (χ0n) is 15.2. The largest absolute Gasteiger partial charge is 0.393 e. The van der Waals surface area contributed by atoms with Crippen molar-refractivity contribution in [2.45, 2.75) is 31.4 Å². The second-order valence-corrected chi connectivity index (χ2v) is 7.16. The Bertz CT molecular complexity index is 911. The van der Waals surface area contributed by atoms with Crippen LogP contribution in [-0.2, 0) is 13.5 Å². The molecule has 1 amide bonds. The fourth-order valence-electron chi connectivity index (χ4n) is 3.58. The average Bonchev–Trinajstić information content (AvgIpc) is 3.28. The molecule has 1 atom stereocenters. The molecule has 1 saturated carbocycles. The highest BCUT2D eigenvalue weighted by atomic mass is 16.3. The number of aliphatic hydroxyl groups excluding tert-OH is 1. The maximum atomic E-state index is 12.8. The van der Waals surface area contributed by atoms with Crippen molar-refractivity contribution >= 4 is 5.91 Å². The second-order valence-electron chi connectivity index (χ2n) is 7.16. The number of hydrogen-bond donors (Lipinski definition) is 3. The lowest BCUT2D eigenvalue weighted by Crippen LogP contribution is -2.48. The number of carbonyl (C=O) groups excluding carboxylic acids is 1. The first kappa shape index (κ1) is 17.5. The van der Waals surface area contributed by atoms with Crippen molar-refractivity contribution in [2.24, 2.45) is 13.0 Å². The number of aryl methyl sites for hydroxylation is 1. The molecule has 1 fully saturated rings. The average molecular weight is 365 g/mol. The number of amides is 1. The normalized spacial score (nSPS) is 20.1. The summed E-state index contributed by atoms with van der Waals surface area (Å²) in [5, 5.41) is 19.9. The van der Waals surface area contributed by atoms with Crippen LogP contribution in [0.1, 0.15) is 29.0 Å². The summed E-state index contributed by atoms with van der Waals surface area (Å²) in [6.07, 6.45) is 5.47. The maximum Gasteiger partial charge on any atom is 0.269 e. The summed E-state index contributed by atoms with van der Waals surface area (Å²) in [4.78, 5) is 17.1. The number of H-pyrrole nitrogens is 1. The number of pyridine rings is 1. The zero-order chi connectivity index (χ0) is 18.8. The summed E-state index contributed by atoms with van der Waals surface area (Å²) >= 11 is 0. The van der Waals surface area contributed by atoms with Crippen LogP contribution in [-0.4, -0.2) is 42.9 Å². The van der Waals surface area contributed by atoms with E-state index in [1.54, 1.807) is 12.3 Å². The van der Waals surface area contributed by atoms with E-state index in [9.17, 15) is 9.90 Å². The van der Waals surface area contributed by atoms with E-state index in [2.05, 4.69) is 20.5 Å². The first-order valence-corrected chi connectivity index (χ1v) is 9.16. The van der Waals surface area contributed by atoms with Gasteiger partial charge in [0.05, 0.1) is 11.8 Å². The molecule has 1 aliphatic carbocycles. The molecule has 4 rings (SSSR count). The van der Waals surface area contributed by atoms with Crippen molar-refractivity contribution in [3.05, 3.63) is 60.2 Å². The van der Waals surface area contributed by atoms with Crippen LogP contribution in [0.15, 0.2) is 48.8 Å². The second kappa shape index (κ2) is 7.36. The Labute approximate surface area is 157 Å². The topological polar surface area (TPSA) is 95.8 Å². The van der Waals surface area contributed by atoms with Gasteiger partial charge >= 0.3 is 0 Å². The van der Waals surface area contributed by atoms with Gasteiger partial charge in [-0.2, -0.15) is 5.10 Å². The number of hydrogen-bond acceptors (Lipinski definition) is 4. The Morgan fingerprint density at radius 1 is 1.37 bits per heavy atom. The molecule has 0 saturated heterocycles. The Morgan fingerprint density at radius 2 is 2.22 bits per heavy atom. The molecule has 140 valence electrons. The molecule has 0 unspecified atom stereocenters. The van der Waals surface area contributed by atoms with Crippen LogP contribution in [0.5, 0.6) is 0 Å². The van der Waals surface area contributed by atoms with E-state index in [0.717, 1.165) is 17.1 Å². The van der Waals surface area contributed by atoms with E-state index < -0.39 is 0 Å². The molecular formula is C20H23N5O2. The van der Waals surface area contributed by atoms with Gasteiger partial charge in [0.2, 0.25) is 0 Å². The van der Waals surface area contributed by atoms with Gasteiger partial charge in [0, 0.05) is 37.6 Å². The third kappa shape index (κ3) is 3.78. The Kier molecular flexibility index (Phi) is 4.77. The molecular weight excluding hydrogens is 342 g/mol. The lowest BCUT2D eigenvalue weighted by atomic mass is 9.76. The monoisotopic (exact) mass is 365 g/mol. The highest BCUT2D eigenvalue weighted by Gasteiger charge is 2.35. The Morgan fingerprint density at radius 3 is 2.89 bits per heavy atom. The van der Waals surface area contributed by atoms with Crippen LogP contribution in [0, 0.1) is 5.92 Å². The minimum Gasteiger partial charge on any atom is -0.393 e. The van der Waals surface area contributed by atoms with Gasteiger partial charge in [0.25, 0.3) is 5.91 Å². The van der Waals surface area contributed by atoms with Gasteiger partial charge in [-0.3, -0.25) is 14.9 Å². The van der Waals surface area contributed by atoms with E-state index in [4.69, 9.17) is 0 Å². The van der Waals surface area contributed by atoms with Gasteiger partial charge in [-0.15, -0.1) is 0 Å². The lowest BCUT2D eigenvalue weighted by Gasteiger charge is -2.38. The molecule has 0 aliphatic heterocycles. The molecule has 3 aromatic heterocycles. The van der Waals surface area contributed by atoms with Crippen LogP contribution >= 0.6 is 0 Å². The van der Waals surface area contributed by atoms with Crippen molar-refractivity contribution in [1.82, 2.24) is 25.1 Å². The molecule has 7 nitrogen and oxygen atoms in total. The zero-order valence-corrected chi connectivity index (χ0v) is 15.2. The number of carbonyl (C=O) groups is 1. The third-order valence-corrected chi connectivity index (χ3v) is 5.22. The number of rotatable bonds is 6. The summed E-state index contributed by atoms with van der Waals surface area (Å²) < 4.78 is 1.96. The molecule has 0 bridgehead atoms. The predicted octanol–water partition coefficient (Wildman–Crippen LogP) is 1.92. The first-order valence-electron chi connectivity index (χ1n) is 9.16. The number of aromatic nitrogens is 4. The van der Waals surface area contributed by atoms with Gasteiger partial charge in [0.1, 0.15) is 11.4 Å². The molecule has 0 spiro atoms. The minimum absolute atomic E-state index is 0.0717. The van der Waals surface area contributed by atoms with Gasteiger partial charge < -0.3 is 15.0 Å². The summed E-state index contributed by atoms with van der Waals surface area (Å²) in [6, 6.07) is 11.4. The molecule has 27 heavy (non-hydrogen) atoms. The molecule has 3 heterocycles. The van der Waals surface area contributed by atoms with E-state index in [1.165, 1.54) is 0 Å². The van der Waals surface area contributed by atoms with Crippen molar-refractivity contribution in [1.29, 1.82) is 0 Å². The van der Waals surface area contributed by atoms with Crippen LogP contribution in [0.2, 0.25) is 0 Å². The number of aliphatic hydroxyl groups is 1. The number of nitrogens with zero attached hydrogens (tertiary/aromatic N) is 3. The Balaban J connectivity index is 1.48. The van der Waals surface area contributed by atoms with E-state index >= 15 is 0 Å². The molecule has 3 aromatic rings. The minimum atomic E-state index is -0.269. The van der Waals surface area contributed by atoms with Gasteiger partial charge in [-0.25, -0.2) is 0 Å². The van der Waals surface area contributed by atoms with Crippen LogP contribution in [0.3, 0.4) is 0 Å². The number of nitrogens with one attached hydrogen (secondary N) is 2. The molecule has 7 heteroatoms. The van der Waals surface area contributed by atoms with Gasteiger partial charge in [0.15, 0.2) is 0 Å². The molecule has 0 aromatic carbocycles. The van der Waals surface area contributed by atoms with Crippen molar-refractivity contribution < 1.29 is 9.90 Å². The van der Waals surface area contributed by atoms with E-state index in [-0.39, 0.29) is 24.0 Å². The summed E-state index contributed by atoms with van der Waals surface area (Å²) in [5.74, 6) is 0.0616. The fraction of sp³-hybridized carbons (Fsp3) is 0.350. The van der Waals surface area contributed by atoms with Gasteiger partial charge in [-0.05, 0) is 49.1 Å². The van der Waals surface area contributed by atoms with E-state index in [1.807, 2.05) is 48.1 Å². The lowest BCUT2D eigenvalue weighted by molar-refractivity contribution is 0.0237. The smallest absolute Gasteiger partial charge is 0.269 e. The Hall–Kier alpha value is -2.93. The quantitative estimate of drug-likeness (QED) is 0.622. The SMILES string of the molecule is Cn1cccc1-c1cc(C(=O)N[C@H](Cc2ccccn2)C2CC(O)C2)[nH]n1. The molecule has 1 aliphatic rings. The third-order valence-electron chi connectivity index (χ3n) is 5.22. The summed E-state index contributed by atoms with van der Waals surface area (Å²) in [6.45, 7) is 0. The van der Waals surface area contributed by atoms with Crippen LogP contribution < -0.4 is 5.32 Å². The summed E-state index contributed by atoms with van der Waals surface area (Å²) in [7, 11) is 1.94. The predicted molar refractivity (Wildman–Crippen MR) is 101 cm³/mol. The van der Waals surface area contributed by atoms with Crippen molar-refractivity contribution in [2.75, 3.05) is 0 Å². The maximum absolute atomic E-state index is 12.8. The molecule has 3 N–H and O–H groups in total. The van der Waals surface area contributed by atoms with Gasteiger partial charge in [-0.1, -0.05) is 6.07 Å². The van der Waals surface area contributed by atoms with Crippen molar-refractivity contribution in [3.8, 4) is 11.4 Å². The highest BCUT2D eigenvalue weighted by molar-refractivity contribution is 5.93. The summed E-state index contributed by atoms with van der Waals surface area (Å²) in [5.41, 5.74) is 3.03. The van der Waals surface area contributed by atoms with Crippen LogP contribution in [0.25, 0.3) is 11.4 Å². The standard InChI is InChI=1S/C20H23N5O2/c1-25-8-4-6-19(25)17-12-18(24-23-17)20(27)22-16(13-9-15(26)10-13)11-14-5-2-3-7-21-14/h2-8,12-13,15-16,26H,9-11H2,1H3,(H,22,27)(H,23,24)/t13?,15?,16-/m1/s1. The van der Waals surface area contributed by atoms with E-state index in [0.29, 0.717) is 25.0 Å².